The number of fused-ring (bicyclic) bond motifs is 1. The third-order valence-electron chi connectivity index (χ3n) is 3.91. The molecule has 1 unspecified atom stereocenters. The lowest BCUT2D eigenvalue weighted by Gasteiger charge is -2.39. The lowest BCUT2D eigenvalue weighted by atomic mass is 10.1. The van der Waals surface area contributed by atoms with Gasteiger partial charge in [0.2, 0.25) is 5.95 Å². The molecule has 1 fully saturated rings. The van der Waals surface area contributed by atoms with Crippen LogP contribution in [0.2, 0.25) is 0 Å². The molecule has 106 valence electrons. The Hall–Kier alpha value is -1.88. The fourth-order valence-electron chi connectivity index (χ4n) is 2.84. The molecule has 1 saturated heterocycles. The number of para-hydroxylation sites is 1. The minimum absolute atomic E-state index is 0.455. The van der Waals surface area contributed by atoms with Crippen molar-refractivity contribution in [2.45, 2.75) is 13.0 Å². The van der Waals surface area contributed by atoms with Crippen LogP contribution in [0.4, 0.5) is 11.8 Å². The molecule has 0 amide bonds. The molecule has 1 aromatic heterocycles. The number of anilines is 2. The number of hydrogen-bond donors (Lipinski definition) is 1. The van der Waals surface area contributed by atoms with Gasteiger partial charge in [0.25, 0.3) is 0 Å². The molecule has 1 N–H and O–H groups in total. The third kappa shape index (κ3) is 2.29. The molecule has 5 nitrogen and oxygen atoms in total. The topological polar surface area (TPSA) is 44.3 Å². The summed E-state index contributed by atoms with van der Waals surface area (Å²) in [5.74, 6) is 1.73. The summed E-state index contributed by atoms with van der Waals surface area (Å²) in [7, 11) is 4.03. The Morgan fingerprint density at radius 3 is 2.75 bits per heavy atom. The van der Waals surface area contributed by atoms with E-state index in [9.17, 15) is 0 Å². The zero-order valence-corrected chi connectivity index (χ0v) is 12.3. The van der Waals surface area contributed by atoms with Gasteiger partial charge in [-0.1, -0.05) is 12.1 Å². The molecule has 0 radical (unpaired) electrons. The average Bonchev–Trinajstić information content (AvgIpc) is 2.46. The first-order chi connectivity index (χ1) is 9.69. The fourth-order valence-corrected chi connectivity index (χ4v) is 2.84. The number of nitrogens with zero attached hydrogens (tertiary/aromatic N) is 4. The lowest BCUT2D eigenvalue weighted by Crippen LogP contribution is -2.51. The summed E-state index contributed by atoms with van der Waals surface area (Å²) in [5.41, 5.74) is 0.993. The van der Waals surface area contributed by atoms with E-state index in [1.807, 2.05) is 19.2 Å². The highest BCUT2D eigenvalue weighted by Gasteiger charge is 2.24. The first-order valence-corrected chi connectivity index (χ1v) is 7.09. The highest BCUT2D eigenvalue weighted by atomic mass is 15.3. The van der Waals surface area contributed by atoms with Crippen LogP contribution in [0.25, 0.3) is 10.9 Å². The van der Waals surface area contributed by atoms with Crippen LogP contribution in [0, 0.1) is 0 Å². The van der Waals surface area contributed by atoms with Crippen LogP contribution in [0.15, 0.2) is 24.3 Å². The van der Waals surface area contributed by atoms with Gasteiger partial charge in [0.05, 0.1) is 5.52 Å². The first-order valence-electron chi connectivity index (χ1n) is 7.09. The summed E-state index contributed by atoms with van der Waals surface area (Å²) in [6, 6.07) is 8.68. The summed E-state index contributed by atoms with van der Waals surface area (Å²) >= 11 is 0. The van der Waals surface area contributed by atoms with Crippen molar-refractivity contribution in [2.24, 2.45) is 0 Å². The second-order valence-corrected chi connectivity index (χ2v) is 5.44. The molecule has 0 bridgehead atoms. The van der Waals surface area contributed by atoms with Crippen molar-refractivity contribution in [3.8, 4) is 0 Å². The summed E-state index contributed by atoms with van der Waals surface area (Å²) < 4.78 is 0. The Morgan fingerprint density at radius 2 is 2.00 bits per heavy atom. The normalized spacial score (nSPS) is 20.4. The van der Waals surface area contributed by atoms with Crippen molar-refractivity contribution in [3.63, 3.8) is 0 Å². The van der Waals surface area contributed by atoms with Gasteiger partial charge in [0, 0.05) is 38.1 Å². The van der Waals surface area contributed by atoms with Crippen LogP contribution in [-0.2, 0) is 0 Å². The maximum Gasteiger partial charge on any atom is 0.224 e. The molecule has 20 heavy (non-hydrogen) atoms. The van der Waals surface area contributed by atoms with Gasteiger partial charge in [0.15, 0.2) is 0 Å². The molecule has 1 aromatic carbocycles. The third-order valence-corrected chi connectivity index (χ3v) is 3.91. The maximum atomic E-state index is 4.70. The van der Waals surface area contributed by atoms with Crippen LogP contribution in [0.5, 0.6) is 0 Å². The van der Waals surface area contributed by atoms with E-state index in [-0.39, 0.29) is 0 Å². The van der Waals surface area contributed by atoms with Crippen molar-refractivity contribution < 1.29 is 0 Å². The minimum Gasteiger partial charge on any atom is -0.357 e. The molecule has 0 spiro atoms. The Kier molecular flexibility index (Phi) is 3.44. The summed E-state index contributed by atoms with van der Waals surface area (Å²) in [4.78, 5) is 14.0. The second kappa shape index (κ2) is 5.25. The molecular weight excluding hydrogens is 250 g/mol. The van der Waals surface area contributed by atoms with Gasteiger partial charge in [-0.25, -0.2) is 4.98 Å². The van der Waals surface area contributed by atoms with E-state index in [0.717, 1.165) is 36.4 Å². The van der Waals surface area contributed by atoms with E-state index in [0.29, 0.717) is 12.0 Å². The zero-order valence-electron chi connectivity index (χ0n) is 12.3. The Labute approximate surface area is 119 Å². The van der Waals surface area contributed by atoms with Gasteiger partial charge in [0.1, 0.15) is 5.82 Å². The number of hydrogen-bond acceptors (Lipinski definition) is 5. The van der Waals surface area contributed by atoms with Gasteiger partial charge < -0.3 is 15.1 Å². The summed E-state index contributed by atoms with van der Waals surface area (Å²) in [6.07, 6.45) is 0. The van der Waals surface area contributed by atoms with Crippen LogP contribution >= 0.6 is 0 Å². The van der Waals surface area contributed by atoms with Gasteiger partial charge in [-0.05, 0) is 26.1 Å². The highest BCUT2D eigenvalue weighted by Crippen LogP contribution is 2.27. The van der Waals surface area contributed by atoms with Gasteiger partial charge in [-0.15, -0.1) is 0 Å². The van der Waals surface area contributed by atoms with Gasteiger partial charge in [-0.3, -0.25) is 0 Å². The zero-order chi connectivity index (χ0) is 14.1. The Morgan fingerprint density at radius 1 is 1.20 bits per heavy atom. The van der Waals surface area contributed by atoms with Crippen molar-refractivity contribution in [1.29, 1.82) is 0 Å². The number of benzene rings is 1. The largest absolute Gasteiger partial charge is 0.357 e. The Bertz CT molecular complexity index is 612. The molecular formula is C15H21N5. The van der Waals surface area contributed by atoms with E-state index in [2.05, 4.69) is 46.2 Å². The standard InChI is InChI=1S/C15H21N5/c1-11-10-19(3)8-9-20(11)14-12-6-4-5-7-13(12)17-15(16-2)18-14/h4-7,11H,8-10H2,1-3H3,(H,16,17,18). The molecule has 0 saturated carbocycles. The van der Waals surface area contributed by atoms with Crippen molar-refractivity contribution >= 4 is 22.7 Å². The minimum atomic E-state index is 0.455. The van der Waals surface area contributed by atoms with Crippen LogP contribution in [-0.4, -0.2) is 54.6 Å². The smallest absolute Gasteiger partial charge is 0.224 e. The molecule has 1 atom stereocenters. The number of piperazine rings is 1. The fraction of sp³-hybridized carbons (Fsp3) is 0.467. The summed E-state index contributed by atoms with van der Waals surface area (Å²) in [5, 5.41) is 4.19. The molecule has 1 aliphatic rings. The van der Waals surface area contributed by atoms with Gasteiger partial charge in [-0.2, -0.15) is 4.98 Å². The molecule has 0 aliphatic carbocycles. The van der Waals surface area contributed by atoms with Crippen molar-refractivity contribution in [2.75, 3.05) is 43.9 Å². The van der Waals surface area contributed by atoms with E-state index in [4.69, 9.17) is 4.98 Å². The van der Waals surface area contributed by atoms with Crippen molar-refractivity contribution in [1.82, 2.24) is 14.9 Å². The number of likely N-dealkylation sites (N-methyl/N-ethyl adjacent to an activating group) is 1. The van der Waals surface area contributed by atoms with Gasteiger partial charge >= 0.3 is 0 Å². The second-order valence-electron chi connectivity index (χ2n) is 5.44. The lowest BCUT2D eigenvalue weighted by molar-refractivity contribution is 0.275. The number of aromatic nitrogens is 2. The van der Waals surface area contributed by atoms with E-state index >= 15 is 0 Å². The predicted octanol–water partition coefficient (Wildman–Crippen LogP) is 1.81. The van der Waals surface area contributed by atoms with E-state index < -0.39 is 0 Å². The molecule has 3 rings (SSSR count). The predicted molar refractivity (Wildman–Crippen MR) is 83.4 cm³/mol. The summed E-state index contributed by atoms with van der Waals surface area (Å²) in [6.45, 7) is 5.39. The van der Waals surface area contributed by atoms with E-state index in [1.165, 1.54) is 0 Å². The van der Waals surface area contributed by atoms with Crippen LogP contribution in [0.3, 0.4) is 0 Å². The monoisotopic (exact) mass is 271 g/mol. The van der Waals surface area contributed by atoms with Crippen LogP contribution in [0.1, 0.15) is 6.92 Å². The van der Waals surface area contributed by atoms with Crippen LogP contribution < -0.4 is 10.2 Å². The quantitative estimate of drug-likeness (QED) is 0.902. The van der Waals surface area contributed by atoms with E-state index in [1.54, 1.807) is 0 Å². The molecule has 1 aliphatic heterocycles. The van der Waals surface area contributed by atoms with Crippen molar-refractivity contribution in [3.05, 3.63) is 24.3 Å². The highest BCUT2D eigenvalue weighted by molar-refractivity contribution is 5.90. The molecule has 2 heterocycles. The molecule has 2 aromatic rings. The number of nitrogens with one attached hydrogen (secondary N) is 1. The SMILES string of the molecule is CNc1nc(N2CCN(C)CC2C)c2ccccc2n1. The molecule has 5 heteroatoms. The maximum absolute atomic E-state index is 4.70. The average molecular weight is 271 g/mol. The first kappa shape index (κ1) is 13.1. The number of rotatable bonds is 2. The Balaban J connectivity index is 2.09.